The van der Waals surface area contributed by atoms with Crippen LogP contribution in [0.15, 0.2) is 4.52 Å². The first-order valence-electron chi connectivity index (χ1n) is 6.16. The summed E-state index contributed by atoms with van der Waals surface area (Å²) >= 11 is 0. The monoisotopic (exact) mass is 254 g/mol. The number of methoxy groups -OCH3 is 1. The van der Waals surface area contributed by atoms with E-state index in [2.05, 4.69) is 10.1 Å². The van der Waals surface area contributed by atoms with Crippen molar-refractivity contribution in [2.24, 2.45) is 5.92 Å². The topological polar surface area (TPSA) is 85.5 Å². The number of hydrogen-bond acceptors (Lipinski definition) is 5. The Morgan fingerprint density at radius 1 is 1.61 bits per heavy atom. The molecule has 1 atom stereocenters. The maximum absolute atomic E-state index is 10.6. The SMILES string of the molecule is COC1(c2noc(CC(C)CC(=O)O)n2)CCC1. The van der Waals surface area contributed by atoms with Crippen molar-refractivity contribution in [2.45, 2.75) is 44.6 Å². The molecule has 1 aliphatic rings. The Morgan fingerprint density at radius 2 is 2.33 bits per heavy atom. The van der Waals surface area contributed by atoms with Gasteiger partial charge in [-0.2, -0.15) is 4.98 Å². The van der Waals surface area contributed by atoms with Crippen LogP contribution in [0.3, 0.4) is 0 Å². The number of hydrogen-bond donors (Lipinski definition) is 1. The van der Waals surface area contributed by atoms with Gasteiger partial charge in [-0.1, -0.05) is 12.1 Å². The average molecular weight is 254 g/mol. The molecule has 6 nitrogen and oxygen atoms in total. The summed E-state index contributed by atoms with van der Waals surface area (Å²) in [6, 6.07) is 0. The lowest BCUT2D eigenvalue weighted by atomic mass is 9.79. The molecule has 0 saturated heterocycles. The molecular weight excluding hydrogens is 236 g/mol. The van der Waals surface area contributed by atoms with Crippen molar-refractivity contribution in [1.82, 2.24) is 10.1 Å². The summed E-state index contributed by atoms with van der Waals surface area (Å²) in [5.74, 6) is 0.251. The molecule has 1 aromatic heterocycles. The van der Waals surface area contributed by atoms with Gasteiger partial charge in [-0.15, -0.1) is 0 Å². The maximum Gasteiger partial charge on any atom is 0.303 e. The zero-order valence-corrected chi connectivity index (χ0v) is 10.7. The molecule has 1 saturated carbocycles. The maximum atomic E-state index is 10.6. The molecule has 6 heteroatoms. The Hall–Kier alpha value is -1.43. The number of carboxylic acids is 1. The van der Waals surface area contributed by atoms with Gasteiger partial charge >= 0.3 is 5.97 Å². The quantitative estimate of drug-likeness (QED) is 0.832. The molecular formula is C12H18N2O4. The molecule has 0 amide bonds. The lowest BCUT2D eigenvalue weighted by Crippen LogP contribution is -2.37. The molecule has 1 fully saturated rings. The zero-order chi connectivity index (χ0) is 13.2. The van der Waals surface area contributed by atoms with E-state index in [0.717, 1.165) is 19.3 Å². The van der Waals surface area contributed by atoms with Crippen molar-refractivity contribution in [3.8, 4) is 0 Å². The predicted molar refractivity (Wildman–Crippen MR) is 62.0 cm³/mol. The standard InChI is InChI=1S/C12H18N2O4/c1-8(7-10(15)16)6-9-13-11(14-18-9)12(17-2)4-3-5-12/h8H,3-7H2,1-2H3,(H,15,16). The van der Waals surface area contributed by atoms with Crippen LogP contribution in [0, 0.1) is 5.92 Å². The van der Waals surface area contributed by atoms with Gasteiger partial charge in [0.2, 0.25) is 11.7 Å². The molecule has 2 rings (SSSR count). The summed E-state index contributed by atoms with van der Waals surface area (Å²) in [4.78, 5) is 14.9. The van der Waals surface area contributed by atoms with Crippen LogP contribution in [0.5, 0.6) is 0 Å². The third-order valence-electron chi connectivity index (χ3n) is 3.47. The third-order valence-corrected chi connectivity index (χ3v) is 3.47. The largest absolute Gasteiger partial charge is 0.481 e. The van der Waals surface area contributed by atoms with Crippen LogP contribution in [0.2, 0.25) is 0 Å². The average Bonchev–Trinajstić information content (AvgIpc) is 2.64. The van der Waals surface area contributed by atoms with Crippen LogP contribution in [0.1, 0.15) is 44.3 Å². The summed E-state index contributed by atoms with van der Waals surface area (Å²) in [6.45, 7) is 1.85. The fourth-order valence-electron chi connectivity index (χ4n) is 2.21. The van der Waals surface area contributed by atoms with Crippen molar-refractivity contribution in [3.05, 3.63) is 11.7 Å². The molecule has 100 valence electrons. The van der Waals surface area contributed by atoms with E-state index in [1.807, 2.05) is 6.92 Å². The van der Waals surface area contributed by atoms with E-state index < -0.39 is 5.97 Å². The summed E-state index contributed by atoms with van der Waals surface area (Å²) in [5.41, 5.74) is -0.377. The minimum Gasteiger partial charge on any atom is -0.481 e. The van der Waals surface area contributed by atoms with Gasteiger partial charge in [-0.25, -0.2) is 0 Å². The van der Waals surface area contributed by atoms with Crippen LogP contribution >= 0.6 is 0 Å². The first kappa shape index (κ1) is 13.0. The van der Waals surface area contributed by atoms with Gasteiger partial charge in [-0.3, -0.25) is 4.79 Å². The highest BCUT2D eigenvalue weighted by molar-refractivity contribution is 5.66. The van der Waals surface area contributed by atoms with Crippen molar-refractivity contribution < 1.29 is 19.2 Å². The highest BCUT2D eigenvalue weighted by atomic mass is 16.5. The van der Waals surface area contributed by atoms with Gasteiger partial charge < -0.3 is 14.4 Å². The Kier molecular flexibility index (Phi) is 3.65. The van der Waals surface area contributed by atoms with E-state index >= 15 is 0 Å². The number of carboxylic acid groups (broad SMARTS) is 1. The van der Waals surface area contributed by atoms with Crippen LogP contribution in [-0.4, -0.2) is 28.3 Å². The number of carbonyl (C=O) groups is 1. The molecule has 0 aliphatic heterocycles. The molecule has 1 N–H and O–H groups in total. The summed E-state index contributed by atoms with van der Waals surface area (Å²) < 4.78 is 10.6. The molecule has 1 aliphatic carbocycles. The van der Waals surface area contributed by atoms with Gasteiger partial charge in [0, 0.05) is 20.0 Å². The van der Waals surface area contributed by atoms with Gasteiger partial charge in [0.1, 0.15) is 5.60 Å². The number of ether oxygens (including phenoxy) is 1. The van der Waals surface area contributed by atoms with Crippen molar-refractivity contribution in [3.63, 3.8) is 0 Å². The Bertz CT molecular complexity index is 420. The molecule has 0 bridgehead atoms. The van der Waals surface area contributed by atoms with E-state index in [1.165, 1.54) is 0 Å². The highest BCUT2D eigenvalue weighted by Crippen LogP contribution is 2.42. The normalized spacial score (nSPS) is 19.2. The smallest absolute Gasteiger partial charge is 0.303 e. The van der Waals surface area contributed by atoms with Crippen LogP contribution < -0.4 is 0 Å². The molecule has 1 aromatic rings. The molecule has 1 heterocycles. The predicted octanol–water partition coefficient (Wildman–Crippen LogP) is 1.75. The molecule has 0 aromatic carbocycles. The van der Waals surface area contributed by atoms with Crippen LogP contribution in [-0.2, 0) is 21.6 Å². The van der Waals surface area contributed by atoms with E-state index in [4.69, 9.17) is 14.4 Å². The molecule has 1 unspecified atom stereocenters. The first-order chi connectivity index (χ1) is 8.55. The van der Waals surface area contributed by atoms with Crippen molar-refractivity contribution in [2.75, 3.05) is 7.11 Å². The number of nitrogens with zero attached hydrogens (tertiary/aromatic N) is 2. The van der Waals surface area contributed by atoms with Gasteiger partial charge in [0.15, 0.2) is 0 Å². The Balaban J connectivity index is 2.00. The summed E-state index contributed by atoms with van der Waals surface area (Å²) in [6.07, 6.45) is 3.51. The minimum atomic E-state index is -0.811. The van der Waals surface area contributed by atoms with Gasteiger partial charge in [0.25, 0.3) is 0 Å². The molecule has 18 heavy (non-hydrogen) atoms. The fourth-order valence-corrected chi connectivity index (χ4v) is 2.21. The third kappa shape index (κ3) is 2.53. The van der Waals surface area contributed by atoms with E-state index in [1.54, 1.807) is 7.11 Å². The van der Waals surface area contributed by atoms with E-state index in [0.29, 0.717) is 18.1 Å². The summed E-state index contributed by atoms with van der Waals surface area (Å²) in [5, 5.41) is 12.6. The van der Waals surface area contributed by atoms with Crippen molar-refractivity contribution in [1.29, 1.82) is 0 Å². The fraction of sp³-hybridized carbons (Fsp3) is 0.750. The summed E-state index contributed by atoms with van der Waals surface area (Å²) in [7, 11) is 1.66. The van der Waals surface area contributed by atoms with Crippen LogP contribution in [0.4, 0.5) is 0 Å². The van der Waals surface area contributed by atoms with Gasteiger partial charge in [0.05, 0.1) is 0 Å². The second-order valence-electron chi connectivity index (χ2n) is 4.97. The highest BCUT2D eigenvalue weighted by Gasteiger charge is 2.43. The van der Waals surface area contributed by atoms with Crippen molar-refractivity contribution >= 4 is 5.97 Å². The first-order valence-corrected chi connectivity index (χ1v) is 6.16. The van der Waals surface area contributed by atoms with E-state index in [-0.39, 0.29) is 17.9 Å². The molecule has 0 radical (unpaired) electrons. The second-order valence-corrected chi connectivity index (χ2v) is 4.97. The number of aliphatic carboxylic acids is 1. The second kappa shape index (κ2) is 5.06. The van der Waals surface area contributed by atoms with Crippen LogP contribution in [0.25, 0.3) is 0 Å². The Morgan fingerprint density at radius 3 is 2.83 bits per heavy atom. The lowest BCUT2D eigenvalue weighted by molar-refractivity contribution is -0.137. The van der Waals surface area contributed by atoms with Gasteiger partial charge in [-0.05, 0) is 25.2 Å². The minimum absolute atomic E-state index is 0.0179. The lowest BCUT2D eigenvalue weighted by Gasteiger charge is -2.37. The Labute approximate surface area is 105 Å². The molecule has 0 spiro atoms. The zero-order valence-electron chi connectivity index (χ0n) is 10.7. The number of aromatic nitrogens is 2. The van der Waals surface area contributed by atoms with E-state index in [9.17, 15) is 4.79 Å². The number of rotatable bonds is 6.